The molecule has 1 aliphatic rings. The maximum atomic E-state index is 5.74. The normalized spacial score (nSPS) is 24.2. The molecule has 1 saturated heterocycles. The van der Waals surface area contributed by atoms with E-state index < -0.39 is 0 Å². The van der Waals surface area contributed by atoms with Gasteiger partial charge in [-0.25, -0.2) is 0 Å². The molecule has 3 nitrogen and oxygen atoms in total. The van der Waals surface area contributed by atoms with Crippen LogP contribution in [0.15, 0.2) is 0 Å². The number of rotatable bonds is 3. The molecular formula is C9H21N3. The van der Waals surface area contributed by atoms with E-state index in [1.54, 1.807) is 0 Å². The average Bonchev–Trinajstić information content (AvgIpc) is 2.05. The van der Waals surface area contributed by atoms with Crippen molar-refractivity contribution in [2.24, 2.45) is 5.73 Å². The van der Waals surface area contributed by atoms with Crippen LogP contribution in [0.25, 0.3) is 0 Å². The molecule has 0 aromatic carbocycles. The Labute approximate surface area is 75.5 Å². The zero-order valence-electron chi connectivity index (χ0n) is 8.29. The van der Waals surface area contributed by atoms with Crippen molar-refractivity contribution in [2.75, 3.05) is 39.3 Å². The molecule has 0 spiro atoms. The third-order valence-corrected chi connectivity index (χ3v) is 2.46. The molecule has 0 aromatic rings. The minimum atomic E-state index is 0.318. The van der Waals surface area contributed by atoms with Crippen molar-refractivity contribution in [2.45, 2.75) is 19.9 Å². The van der Waals surface area contributed by atoms with Gasteiger partial charge in [0.15, 0.2) is 0 Å². The lowest BCUT2D eigenvalue weighted by molar-refractivity contribution is 0.133. The maximum absolute atomic E-state index is 5.74. The molecule has 0 radical (unpaired) electrons. The van der Waals surface area contributed by atoms with Crippen LogP contribution < -0.4 is 5.73 Å². The van der Waals surface area contributed by atoms with E-state index in [4.69, 9.17) is 5.73 Å². The summed E-state index contributed by atoms with van der Waals surface area (Å²) in [6, 6.07) is 0.318. The number of hydrogen-bond donors (Lipinski definition) is 1. The van der Waals surface area contributed by atoms with E-state index in [1.807, 2.05) is 0 Å². The van der Waals surface area contributed by atoms with Gasteiger partial charge in [-0.2, -0.15) is 0 Å². The lowest BCUT2D eigenvalue weighted by Gasteiger charge is -2.34. The summed E-state index contributed by atoms with van der Waals surface area (Å²) in [5, 5.41) is 0. The molecule has 1 rings (SSSR count). The molecular weight excluding hydrogens is 150 g/mol. The Balaban J connectivity index is 2.17. The van der Waals surface area contributed by atoms with Crippen LogP contribution in [0.4, 0.5) is 0 Å². The molecule has 1 unspecified atom stereocenters. The molecule has 0 amide bonds. The highest BCUT2D eigenvalue weighted by molar-refractivity contribution is 4.73. The fourth-order valence-corrected chi connectivity index (χ4v) is 1.70. The van der Waals surface area contributed by atoms with Gasteiger partial charge in [0.2, 0.25) is 0 Å². The molecule has 0 bridgehead atoms. The predicted octanol–water partition coefficient (Wildman–Crippen LogP) is -0.0289. The third kappa shape index (κ3) is 3.09. The van der Waals surface area contributed by atoms with Crippen molar-refractivity contribution in [1.29, 1.82) is 0 Å². The molecule has 12 heavy (non-hydrogen) atoms. The number of nitrogens with two attached hydrogens (primary N) is 1. The van der Waals surface area contributed by atoms with Gasteiger partial charge in [-0.05, 0) is 13.5 Å². The van der Waals surface area contributed by atoms with Crippen LogP contribution in [0.2, 0.25) is 0 Å². The van der Waals surface area contributed by atoms with Gasteiger partial charge in [0.25, 0.3) is 0 Å². The fraction of sp³-hybridized carbons (Fsp3) is 1.00. The molecule has 1 heterocycles. The molecule has 0 saturated carbocycles. The summed E-state index contributed by atoms with van der Waals surface area (Å²) in [4.78, 5) is 4.94. The smallest absolute Gasteiger partial charge is 0.0139 e. The highest BCUT2D eigenvalue weighted by Crippen LogP contribution is 2.00. The van der Waals surface area contributed by atoms with Crippen molar-refractivity contribution < 1.29 is 0 Å². The van der Waals surface area contributed by atoms with Gasteiger partial charge in [0.05, 0.1) is 0 Å². The summed E-state index contributed by atoms with van der Waals surface area (Å²) in [5.74, 6) is 0. The SMILES string of the molecule is CCN1CCN(CC(C)N)CC1. The van der Waals surface area contributed by atoms with Crippen molar-refractivity contribution in [3.63, 3.8) is 0 Å². The summed E-state index contributed by atoms with van der Waals surface area (Å²) in [6.45, 7) is 11.3. The van der Waals surface area contributed by atoms with E-state index in [2.05, 4.69) is 23.6 Å². The lowest BCUT2D eigenvalue weighted by atomic mass is 10.2. The summed E-state index contributed by atoms with van der Waals surface area (Å²) < 4.78 is 0. The minimum absolute atomic E-state index is 0.318. The first-order valence-electron chi connectivity index (χ1n) is 4.92. The Morgan fingerprint density at radius 2 is 1.67 bits per heavy atom. The minimum Gasteiger partial charge on any atom is -0.327 e. The quantitative estimate of drug-likeness (QED) is 0.647. The molecule has 1 fully saturated rings. The number of hydrogen-bond acceptors (Lipinski definition) is 3. The van der Waals surface area contributed by atoms with Crippen LogP contribution in [-0.4, -0.2) is 55.1 Å². The third-order valence-electron chi connectivity index (χ3n) is 2.46. The number of likely N-dealkylation sites (N-methyl/N-ethyl adjacent to an activating group) is 1. The van der Waals surface area contributed by atoms with Crippen LogP contribution >= 0.6 is 0 Å². The summed E-state index contributed by atoms with van der Waals surface area (Å²) in [7, 11) is 0. The first kappa shape index (κ1) is 9.96. The summed E-state index contributed by atoms with van der Waals surface area (Å²) >= 11 is 0. The Kier molecular flexibility index (Phi) is 3.98. The predicted molar refractivity (Wildman–Crippen MR) is 52.2 cm³/mol. The highest BCUT2D eigenvalue weighted by atomic mass is 15.3. The first-order chi connectivity index (χ1) is 5.72. The molecule has 0 aliphatic carbocycles. The zero-order chi connectivity index (χ0) is 8.97. The van der Waals surface area contributed by atoms with Gasteiger partial charge in [0, 0.05) is 38.8 Å². The zero-order valence-corrected chi connectivity index (χ0v) is 8.29. The standard InChI is InChI=1S/C9H21N3/c1-3-11-4-6-12(7-5-11)8-9(2)10/h9H,3-8,10H2,1-2H3. The second-order valence-corrected chi connectivity index (χ2v) is 3.71. The molecule has 1 aliphatic heterocycles. The molecule has 72 valence electrons. The highest BCUT2D eigenvalue weighted by Gasteiger charge is 2.15. The monoisotopic (exact) mass is 171 g/mol. The van der Waals surface area contributed by atoms with Crippen molar-refractivity contribution in [3.05, 3.63) is 0 Å². The van der Waals surface area contributed by atoms with Gasteiger partial charge >= 0.3 is 0 Å². The van der Waals surface area contributed by atoms with Crippen molar-refractivity contribution in [1.82, 2.24) is 9.80 Å². The lowest BCUT2D eigenvalue weighted by Crippen LogP contribution is -2.49. The Morgan fingerprint density at radius 3 is 2.08 bits per heavy atom. The van der Waals surface area contributed by atoms with Gasteiger partial charge < -0.3 is 10.6 Å². The van der Waals surface area contributed by atoms with E-state index in [0.717, 1.165) is 6.54 Å². The van der Waals surface area contributed by atoms with Gasteiger partial charge in [0.1, 0.15) is 0 Å². The van der Waals surface area contributed by atoms with Crippen LogP contribution in [0.1, 0.15) is 13.8 Å². The topological polar surface area (TPSA) is 32.5 Å². The first-order valence-corrected chi connectivity index (χ1v) is 4.92. The van der Waals surface area contributed by atoms with Gasteiger partial charge in [-0.3, -0.25) is 4.90 Å². The van der Waals surface area contributed by atoms with Gasteiger partial charge in [-0.1, -0.05) is 6.92 Å². The van der Waals surface area contributed by atoms with E-state index in [0.29, 0.717) is 6.04 Å². The Morgan fingerprint density at radius 1 is 1.17 bits per heavy atom. The summed E-state index contributed by atoms with van der Waals surface area (Å²) in [5.41, 5.74) is 5.74. The second kappa shape index (κ2) is 4.80. The number of piperazine rings is 1. The second-order valence-electron chi connectivity index (χ2n) is 3.71. The van der Waals surface area contributed by atoms with E-state index in [-0.39, 0.29) is 0 Å². The van der Waals surface area contributed by atoms with Gasteiger partial charge in [-0.15, -0.1) is 0 Å². The van der Waals surface area contributed by atoms with Crippen LogP contribution in [-0.2, 0) is 0 Å². The largest absolute Gasteiger partial charge is 0.327 e. The summed E-state index contributed by atoms with van der Waals surface area (Å²) in [6.07, 6.45) is 0. The molecule has 0 aromatic heterocycles. The van der Waals surface area contributed by atoms with E-state index in [9.17, 15) is 0 Å². The Bertz CT molecular complexity index is 117. The fourth-order valence-electron chi connectivity index (χ4n) is 1.70. The van der Waals surface area contributed by atoms with E-state index >= 15 is 0 Å². The van der Waals surface area contributed by atoms with Crippen LogP contribution in [0.3, 0.4) is 0 Å². The Hall–Kier alpha value is -0.120. The number of nitrogens with zero attached hydrogens (tertiary/aromatic N) is 2. The van der Waals surface area contributed by atoms with Crippen LogP contribution in [0, 0.1) is 0 Å². The molecule has 3 heteroatoms. The average molecular weight is 171 g/mol. The molecule has 2 N–H and O–H groups in total. The van der Waals surface area contributed by atoms with E-state index in [1.165, 1.54) is 32.7 Å². The van der Waals surface area contributed by atoms with Crippen LogP contribution in [0.5, 0.6) is 0 Å². The molecule has 1 atom stereocenters. The maximum Gasteiger partial charge on any atom is 0.0139 e. The van der Waals surface area contributed by atoms with Crippen molar-refractivity contribution in [3.8, 4) is 0 Å². The van der Waals surface area contributed by atoms with Crippen molar-refractivity contribution >= 4 is 0 Å².